The summed E-state index contributed by atoms with van der Waals surface area (Å²) in [6.45, 7) is 4.15. The Hall–Kier alpha value is -2.81. The summed E-state index contributed by atoms with van der Waals surface area (Å²) >= 11 is 0. The number of aryl methyl sites for hydroxylation is 1. The molecule has 0 N–H and O–H groups in total. The number of rotatable bonds is 3. The molecule has 0 spiro atoms. The number of carbonyl (C=O) groups is 1. The zero-order valence-corrected chi connectivity index (χ0v) is 13.8. The van der Waals surface area contributed by atoms with Crippen molar-refractivity contribution in [2.24, 2.45) is 7.05 Å². The number of anilines is 2. The highest BCUT2D eigenvalue weighted by molar-refractivity contribution is 6.07. The Morgan fingerprint density at radius 1 is 1.29 bits per heavy atom. The van der Waals surface area contributed by atoms with Crippen LogP contribution in [0.15, 0.2) is 30.5 Å². The van der Waals surface area contributed by atoms with Crippen LogP contribution >= 0.6 is 0 Å². The van der Waals surface area contributed by atoms with Gasteiger partial charge in [0.05, 0.1) is 16.9 Å². The SMILES string of the molecule is CCCN1CCN(C(=O)c2cc(C#N)cn2C)c2cc(F)ccc21. The quantitative estimate of drug-likeness (QED) is 0.871. The number of aromatic nitrogens is 1. The first-order valence-electron chi connectivity index (χ1n) is 7.98. The molecule has 1 aliphatic heterocycles. The molecule has 1 aromatic carbocycles. The Labute approximate surface area is 140 Å². The number of halogens is 1. The van der Waals surface area contributed by atoms with E-state index in [0.29, 0.717) is 30.0 Å². The maximum Gasteiger partial charge on any atom is 0.275 e. The number of nitrogens with zero attached hydrogens (tertiary/aromatic N) is 4. The van der Waals surface area contributed by atoms with Crippen molar-refractivity contribution in [3.63, 3.8) is 0 Å². The van der Waals surface area contributed by atoms with Gasteiger partial charge in [0.2, 0.25) is 0 Å². The van der Waals surface area contributed by atoms with Crippen LogP contribution in [0.5, 0.6) is 0 Å². The Morgan fingerprint density at radius 3 is 2.75 bits per heavy atom. The van der Waals surface area contributed by atoms with Crippen LogP contribution in [0.1, 0.15) is 29.4 Å². The van der Waals surface area contributed by atoms with Gasteiger partial charge in [-0.3, -0.25) is 4.79 Å². The fraction of sp³-hybridized carbons (Fsp3) is 0.333. The summed E-state index contributed by atoms with van der Waals surface area (Å²) in [6, 6.07) is 8.16. The molecule has 5 nitrogen and oxygen atoms in total. The number of hydrogen-bond donors (Lipinski definition) is 0. The van der Waals surface area contributed by atoms with E-state index in [1.54, 1.807) is 34.8 Å². The van der Waals surface area contributed by atoms with Gasteiger partial charge >= 0.3 is 0 Å². The van der Waals surface area contributed by atoms with E-state index in [1.165, 1.54) is 12.1 Å². The van der Waals surface area contributed by atoms with Crippen molar-refractivity contribution in [2.45, 2.75) is 13.3 Å². The molecule has 0 fully saturated rings. The lowest BCUT2D eigenvalue weighted by atomic mass is 10.1. The van der Waals surface area contributed by atoms with E-state index in [4.69, 9.17) is 5.26 Å². The fourth-order valence-corrected chi connectivity index (χ4v) is 3.13. The smallest absolute Gasteiger partial charge is 0.275 e. The molecule has 1 amide bonds. The van der Waals surface area contributed by atoms with Crippen LogP contribution in [0, 0.1) is 17.1 Å². The van der Waals surface area contributed by atoms with E-state index in [0.717, 1.165) is 18.7 Å². The molecule has 1 aliphatic rings. The lowest BCUT2D eigenvalue weighted by molar-refractivity contribution is 0.0979. The third kappa shape index (κ3) is 2.73. The molecule has 124 valence electrons. The van der Waals surface area contributed by atoms with E-state index in [1.807, 2.05) is 6.07 Å². The molecule has 0 saturated carbocycles. The largest absolute Gasteiger partial charge is 0.368 e. The third-order valence-electron chi connectivity index (χ3n) is 4.25. The van der Waals surface area contributed by atoms with Crippen LogP contribution in [0.25, 0.3) is 0 Å². The van der Waals surface area contributed by atoms with Crippen molar-refractivity contribution in [3.8, 4) is 6.07 Å². The molecule has 0 saturated heterocycles. The summed E-state index contributed by atoms with van der Waals surface area (Å²) in [5, 5.41) is 9.01. The summed E-state index contributed by atoms with van der Waals surface area (Å²) in [4.78, 5) is 16.7. The first kappa shape index (κ1) is 16.1. The Balaban J connectivity index is 2.01. The highest BCUT2D eigenvalue weighted by Gasteiger charge is 2.29. The summed E-state index contributed by atoms with van der Waals surface area (Å²) in [6.07, 6.45) is 2.60. The van der Waals surface area contributed by atoms with Gasteiger partial charge in [-0.05, 0) is 30.7 Å². The molecule has 0 unspecified atom stereocenters. The number of nitriles is 1. The molecule has 1 aromatic heterocycles. The normalized spacial score (nSPS) is 13.6. The lowest BCUT2D eigenvalue weighted by Crippen LogP contribution is -2.44. The van der Waals surface area contributed by atoms with Gasteiger partial charge in [0.15, 0.2) is 0 Å². The molecule has 0 radical (unpaired) electrons. The number of benzene rings is 1. The molecule has 2 aromatic rings. The molecule has 3 rings (SSSR count). The average molecular weight is 326 g/mol. The first-order chi connectivity index (χ1) is 11.5. The Kier molecular flexibility index (Phi) is 4.26. The molecule has 0 atom stereocenters. The van der Waals surface area contributed by atoms with Crippen LogP contribution in [-0.4, -0.2) is 30.1 Å². The van der Waals surface area contributed by atoms with Gasteiger partial charge in [0.1, 0.15) is 17.6 Å². The minimum absolute atomic E-state index is 0.220. The summed E-state index contributed by atoms with van der Waals surface area (Å²) < 4.78 is 15.4. The monoisotopic (exact) mass is 326 g/mol. The molecular formula is C18H19FN4O. The second-order valence-electron chi connectivity index (χ2n) is 5.91. The average Bonchev–Trinajstić information content (AvgIpc) is 2.95. The van der Waals surface area contributed by atoms with Crippen LogP contribution in [-0.2, 0) is 7.05 Å². The van der Waals surface area contributed by atoms with Crippen LogP contribution in [0.3, 0.4) is 0 Å². The van der Waals surface area contributed by atoms with E-state index in [9.17, 15) is 9.18 Å². The minimum Gasteiger partial charge on any atom is -0.368 e. The maximum atomic E-state index is 13.8. The van der Waals surface area contributed by atoms with Gasteiger partial charge in [-0.2, -0.15) is 5.26 Å². The maximum absolute atomic E-state index is 13.8. The summed E-state index contributed by atoms with van der Waals surface area (Å²) in [7, 11) is 1.73. The predicted molar refractivity (Wildman–Crippen MR) is 90.7 cm³/mol. The second kappa shape index (κ2) is 6.36. The van der Waals surface area contributed by atoms with Crippen LogP contribution < -0.4 is 9.80 Å². The number of fused-ring (bicyclic) bond motifs is 1. The third-order valence-corrected chi connectivity index (χ3v) is 4.25. The zero-order chi connectivity index (χ0) is 17.3. The van der Waals surface area contributed by atoms with E-state index < -0.39 is 0 Å². The van der Waals surface area contributed by atoms with Gasteiger partial charge in [-0.15, -0.1) is 0 Å². The highest BCUT2D eigenvalue weighted by Crippen LogP contribution is 2.34. The summed E-state index contributed by atoms with van der Waals surface area (Å²) in [5.41, 5.74) is 2.31. The van der Waals surface area contributed by atoms with Crippen molar-refractivity contribution in [1.82, 2.24) is 4.57 Å². The Morgan fingerprint density at radius 2 is 2.08 bits per heavy atom. The van der Waals surface area contributed by atoms with Gasteiger partial charge < -0.3 is 14.4 Å². The van der Waals surface area contributed by atoms with Crippen LogP contribution in [0.2, 0.25) is 0 Å². The molecule has 0 bridgehead atoms. The van der Waals surface area contributed by atoms with Gasteiger partial charge in [-0.1, -0.05) is 6.92 Å². The van der Waals surface area contributed by atoms with Gasteiger partial charge in [0, 0.05) is 32.9 Å². The molecule has 6 heteroatoms. The first-order valence-corrected chi connectivity index (χ1v) is 7.98. The van der Waals surface area contributed by atoms with Crippen molar-refractivity contribution in [3.05, 3.63) is 47.5 Å². The fourth-order valence-electron chi connectivity index (χ4n) is 3.13. The van der Waals surface area contributed by atoms with Crippen LogP contribution in [0.4, 0.5) is 15.8 Å². The standard InChI is InChI=1S/C18H19FN4O/c1-3-6-22-7-8-23(16-10-14(19)4-5-15(16)22)18(24)17-9-13(11-20)12-21(17)2/h4-5,9-10,12H,3,6-8H2,1-2H3. The Bertz CT molecular complexity index is 821. The van der Waals surface area contributed by atoms with Gasteiger partial charge in [-0.25, -0.2) is 4.39 Å². The number of hydrogen-bond acceptors (Lipinski definition) is 3. The van der Waals surface area contributed by atoms with E-state index in [-0.39, 0.29) is 11.7 Å². The van der Waals surface area contributed by atoms with Crippen molar-refractivity contribution < 1.29 is 9.18 Å². The number of amides is 1. The predicted octanol–water partition coefficient (Wildman–Crippen LogP) is 2.91. The molecular weight excluding hydrogens is 307 g/mol. The summed E-state index contributed by atoms with van der Waals surface area (Å²) in [5.74, 6) is -0.587. The number of carbonyl (C=O) groups excluding carboxylic acids is 1. The zero-order valence-electron chi connectivity index (χ0n) is 13.8. The van der Waals surface area contributed by atoms with E-state index in [2.05, 4.69) is 11.8 Å². The molecule has 24 heavy (non-hydrogen) atoms. The van der Waals surface area contributed by atoms with Crippen molar-refractivity contribution >= 4 is 17.3 Å². The topological polar surface area (TPSA) is 52.3 Å². The van der Waals surface area contributed by atoms with Crippen molar-refractivity contribution in [2.75, 3.05) is 29.4 Å². The van der Waals surface area contributed by atoms with Gasteiger partial charge in [0.25, 0.3) is 5.91 Å². The lowest BCUT2D eigenvalue weighted by Gasteiger charge is -2.37. The second-order valence-corrected chi connectivity index (χ2v) is 5.91. The highest BCUT2D eigenvalue weighted by atomic mass is 19.1. The minimum atomic E-state index is -0.366. The molecule has 2 heterocycles. The van der Waals surface area contributed by atoms with Crippen molar-refractivity contribution in [1.29, 1.82) is 5.26 Å². The molecule has 0 aliphatic carbocycles. The van der Waals surface area contributed by atoms with E-state index >= 15 is 0 Å².